The summed E-state index contributed by atoms with van der Waals surface area (Å²) in [6.45, 7) is 6.22. The summed E-state index contributed by atoms with van der Waals surface area (Å²) in [5.41, 5.74) is 4.94. The molecule has 0 saturated carbocycles. The molecule has 0 bridgehead atoms. The highest BCUT2D eigenvalue weighted by molar-refractivity contribution is 5.91. The number of nitrogens with one attached hydrogen (secondary N) is 1. The molecule has 1 aromatic heterocycles. The second-order valence-corrected chi connectivity index (χ2v) is 4.53. The Morgan fingerprint density at radius 1 is 1.42 bits per heavy atom. The molecule has 0 unspecified atom stereocenters. The van der Waals surface area contributed by atoms with Crippen LogP contribution in [0, 0.1) is 0 Å². The van der Waals surface area contributed by atoms with E-state index >= 15 is 0 Å². The van der Waals surface area contributed by atoms with Gasteiger partial charge >= 0.3 is 5.91 Å². The zero-order valence-corrected chi connectivity index (χ0v) is 11.6. The maximum absolute atomic E-state index is 11.5. The van der Waals surface area contributed by atoms with E-state index in [0.717, 1.165) is 12.8 Å². The summed E-state index contributed by atoms with van der Waals surface area (Å²) in [5, 5.41) is 3.83. The number of rotatable bonds is 6. The highest BCUT2D eigenvalue weighted by Crippen LogP contribution is 2.05. The molecule has 19 heavy (non-hydrogen) atoms. The third-order valence-corrected chi connectivity index (χ3v) is 2.44. The summed E-state index contributed by atoms with van der Waals surface area (Å²) >= 11 is 0. The molecule has 0 aliphatic heterocycles. The first-order chi connectivity index (χ1) is 9.09. The Morgan fingerprint density at radius 3 is 2.84 bits per heavy atom. The summed E-state index contributed by atoms with van der Waals surface area (Å²) in [6.07, 6.45) is 9.14. The van der Waals surface area contributed by atoms with Gasteiger partial charge in [-0.05, 0) is 51.8 Å². The largest absolute Gasteiger partial charge is 0.459 e. The van der Waals surface area contributed by atoms with E-state index in [-0.39, 0.29) is 11.7 Å². The first-order valence-corrected chi connectivity index (χ1v) is 6.25. The van der Waals surface area contributed by atoms with Crippen molar-refractivity contribution in [2.45, 2.75) is 33.6 Å². The molecule has 0 aliphatic carbocycles. The molecule has 0 radical (unpaired) electrons. The fourth-order valence-electron chi connectivity index (χ4n) is 1.40. The molecular weight excluding hydrogens is 240 g/mol. The van der Waals surface area contributed by atoms with Crippen LogP contribution in [-0.4, -0.2) is 12.1 Å². The van der Waals surface area contributed by atoms with Crippen LogP contribution in [0.25, 0.3) is 0 Å². The van der Waals surface area contributed by atoms with Gasteiger partial charge in [0.2, 0.25) is 0 Å². The van der Waals surface area contributed by atoms with Crippen LogP contribution in [-0.2, 0) is 0 Å². The van der Waals surface area contributed by atoms with E-state index in [1.54, 1.807) is 18.3 Å². The van der Waals surface area contributed by atoms with Crippen molar-refractivity contribution >= 4 is 12.1 Å². The van der Waals surface area contributed by atoms with E-state index in [1.165, 1.54) is 17.4 Å². The smallest absolute Gasteiger partial charge is 0.307 e. The van der Waals surface area contributed by atoms with Crippen molar-refractivity contribution in [3.05, 3.63) is 47.5 Å². The maximum Gasteiger partial charge on any atom is 0.307 e. The van der Waals surface area contributed by atoms with Crippen LogP contribution < -0.4 is 5.43 Å². The number of furan rings is 1. The van der Waals surface area contributed by atoms with Gasteiger partial charge in [0.05, 0.1) is 6.26 Å². The highest BCUT2D eigenvalue weighted by Gasteiger charge is 2.05. The van der Waals surface area contributed by atoms with Gasteiger partial charge in [-0.2, -0.15) is 5.10 Å². The van der Waals surface area contributed by atoms with Crippen molar-refractivity contribution in [1.82, 2.24) is 5.43 Å². The van der Waals surface area contributed by atoms with Gasteiger partial charge in [0, 0.05) is 6.21 Å². The monoisotopic (exact) mass is 260 g/mol. The number of hydrogen-bond acceptors (Lipinski definition) is 3. The molecule has 0 atom stereocenters. The summed E-state index contributed by atoms with van der Waals surface area (Å²) in [6, 6.07) is 3.25. The van der Waals surface area contributed by atoms with Crippen molar-refractivity contribution in [2.75, 3.05) is 0 Å². The van der Waals surface area contributed by atoms with E-state index in [9.17, 15) is 4.79 Å². The Kier molecular flexibility index (Phi) is 6.36. The molecule has 1 heterocycles. The molecule has 0 aromatic carbocycles. The van der Waals surface area contributed by atoms with E-state index in [0.29, 0.717) is 0 Å². The number of carbonyl (C=O) groups is 1. The first-order valence-electron chi connectivity index (χ1n) is 6.25. The zero-order valence-electron chi connectivity index (χ0n) is 11.6. The number of nitrogens with zero attached hydrogens (tertiary/aromatic N) is 1. The van der Waals surface area contributed by atoms with Crippen molar-refractivity contribution in [1.29, 1.82) is 0 Å². The van der Waals surface area contributed by atoms with Gasteiger partial charge in [0.1, 0.15) is 0 Å². The Balaban J connectivity index is 2.32. The summed E-state index contributed by atoms with van der Waals surface area (Å²) in [4.78, 5) is 11.5. The predicted octanol–water partition coefficient (Wildman–Crippen LogP) is 3.69. The normalized spacial score (nSPS) is 11.6. The fourth-order valence-corrected chi connectivity index (χ4v) is 1.40. The SMILES string of the molecule is CC(C)=CCCC(C)=C/C=N/NC(=O)c1ccco1. The second kappa shape index (κ2) is 8.08. The minimum atomic E-state index is -0.350. The Labute approximate surface area is 113 Å². The van der Waals surface area contributed by atoms with Gasteiger partial charge in [-0.15, -0.1) is 0 Å². The Hall–Kier alpha value is -2.10. The number of hydrazone groups is 1. The highest BCUT2D eigenvalue weighted by atomic mass is 16.3. The molecule has 1 aromatic rings. The van der Waals surface area contributed by atoms with Gasteiger partial charge in [-0.3, -0.25) is 4.79 Å². The fraction of sp³-hybridized carbons (Fsp3) is 0.333. The standard InChI is InChI=1S/C15H20N2O2/c1-12(2)6-4-7-13(3)9-10-16-17-15(18)14-8-5-11-19-14/h5-6,8-11H,4,7H2,1-3H3,(H,17,18)/b13-9?,16-10+. The van der Waals surface area contributed by atoms with Crippen LogP contribution in [0.1, 0.15) is 44.2 Å². The molecule has 102 valence electrons. The van der Waals surface area contributed by atoms with Gasteiger partial charge in [-0.1, -0.05) is 17.2 Å². The first kappa shape index (κ1) is 15.0. The lowest BCUT2D eigenvalue weighted by atomic mass is 10.1. The minimum Gasteiger partial charge on any atom is -0.459 e. The zero-order chi connectivity index (χ0) is 14.1. The Morgan fingerprint density at radius 2 is 2.21 bits per heavy atom. The van der Waals surface area contributed by atoms with Crippen molar-refractivity contribution in [3.8, 4) is 0 Å². The van der Waals surface area contributed by atoms with E-state index in [4.69, 9.17) is 4.42 Å². The van der Waals surface area contributed by atoms with Crippen molar-refractivity contribution < 1.29 is 9.21 Å². The van der Waals surface area contributed by atoms with E-state index in [2.05, 4.69) is 30.5 Å². The summed E-state index contributed by atoms with van der Waals surface area (Å²) in [5.74, 6) is -0.0988. The molecule has 0 spiro atoms. The number of allylic oxidation sites excluding steroid dienone is 4. The number of hydrogen-bond donors (Lipinski definition) is 1. The van der Waals surface area contributed by atoms with Gasteiger partial charge in [-0.25, -0.2) is 5.43 Å². The average Bonchev–Trinajstić information content (AvgIpc) is 2.87. The number of amides is 1. The third kappa shape index (κ3) is 6.41. The maximum atomic E-state index is 11.5. The van der Waals surface area contributed by atoms with Crippen LogP contribution in [0.4, 0.5) is 0 Å². The van der Waals surface area contributed by atoms with E-state index in [1.807, 2.05) is 13.0 Å². The van der Waals surface area contributed by atoms with Gasteiger partial charge in [0.15, 0.2) is 5.76 Å². The molecule has 1 N–H and O–H groups in total. The van der Waals surface area contributed by atoms with Crippen LogP contribution in [0.3, 0.4) is 0 Å². The third-order valence-electron chi connectivity index (χ3n) is 2.44. The molecule has 0 fully saturated rings. The van der Waals surface area contributed by atoms with Crippen LogP contribution >= 0.6 is 0 Å². The van der Waals surface area contributed by atoms with Crippen LogP contribution in [0.2, 0.25) is 0 Å². The lowest BCUT2D eigenvalue weighted by Crippen LogP contribution is -2.16. The molecule has 4 heteroatoms. The van der Waals surface area contributed by atoms with Gasteiger partial charge in [0.25, 0.3) is 0 Å². The molecule has 1 amide bonds. The molecular formula is C15H20N2O2. The Bertz CT molecular complexity index is 478. The summed E-state index contributed by atoms with van der Waals surface area (Å²) in [7, 11) is 0. The lowest BCUT2D eigenvalue weighted by Gasteiger charge is -1.97. The lowest BCUT2D eigenvalue weighted by molar-refractivity contribution is 0.0927. The van der Waals surface area contributed by atoms with Crippen molar-refractivity contribution in [2.24, 2.45) is 5.10 Å². The number of carbonyl (C=O) groups excluding carboxylic acids is 1. The van der Waals surface area contributed by atoms with Crippen LogP contribution in [0.15, 0.2) is 51.2 Å². The predicted molar refractivity (Wildman–Crippen MR) is 77.1 cm³/mol. The topological polar surface area (TPSA) is 54.6 Å². The molecule has 1 rings (SSSR count). The molecule has 4 nitrogen and oxygen atoms in total. The van der Waals surface area contributed by atoms with Crippen molar-refractivity contribution in [3.63, 3.8) is 0 Å². The average molecular weight is 260 g/mol. The second-order valence-electron chi connectivity index (χ2n) is 4.53. The molecule has 0 aliphatic rings. The van der Waals surface area contributed by atoms with E-state index < -0.39 is 0 Å². The minimum absolute atomic E-state index is 0.251. The quantitative estimate of drug-likeness (QED) is 0.482. The van der Waals surface area contributed by atoms with Crippen LogP contribution in [0.5, 0.6) is 0 Å². The molecule has 0 saturated heterocycles. The summed E-state index contributed by atoms with van der Waals surface area (Å²) < 4.78 is 4.94. The van der Waals surface area contributed by atoms with Gasteiger partial charge < -0.3 is 4.42 Å².